The topological polar surface area (TPSA) is 16.4 Å². The predicted octanol–water partition coefficient (Wildman–Crippen LogP) is 16.7. The molecule has 0 aliphatic heterocycles. The van der Waals surface area contributed by atoms with Gasteiger partial charge in [0.2, 0.25) is 0 Å². The number of para-hydroxylation sites is 2. The lowest BCUT2D eigenvalue weighted by Gasteiger charge is -2.26. The molecule has 2 nitrogen and oxygen atoms in total. The van der Waals surface area contributed by atoms with Gasteiger partial charge in [0.25, 0.3) is 0 Å². The number of hydrogen-bond donors (Lipinski definition) is 0. The third kappa shape index (κ3) is 5.57. The zero-order chi connectivity index (χ0) is 39.6. The first-order valence-corrected chi connectivity index (χ1v) is 20.6. The van der Waals surface area contributed by atoms with Crippen LogP contribution in [0.4, 0.5) is 17.1 Å². The van der Waals surface area contributed by atoms with Crippen molar-refractivity contribution in [2.75, 3.05) is 4.90 Å². The SMILES string of the molecule is c1ccc2c(c1)cc(-c1ccc(-c3ccc(N(c4ccc(-c5cc6ccccc6c6ccccc56)cc4)c4cccc5c4oc4ccccc45)cc3)cc1)c1ccccc12. The second kappa shape index (κ2) is 13.9. The highest BCUT2D eigenvalue weighted by atomic mass is 16.3. The number of hydrogen-bond acceptors (Lipinski definition) is 2. The van der Waals surface area contributed by atoms with Crippen LogP contribution in [-0.2, 0) is 0 Å². The first-order chi connectivity index (χ1) is 29.7. The van der Waals surface area contributed by atoms with Gasteiger partial charge in [-0.15, -0.1) is 0 Å². The standard InChI is InChI=1S/C58H37NO/c1-3-14-46-42(12-1)36-54(50-18-7-5-16-48(46)50)40-26-24-38(25-27-40)39-28-32-44(33-29-39)59(56-22-11-21-53-52-20-9-10-23-57(52)60-58(53)56)45-34-30-41(31-35-45)55-37-43-13-2-4-15-47(43)49-17-6-8-19-51(49)55/h1-37H. The Balaban J connectivity index is 0.944. The van der Waals surface area contributed by atoms with Gasteiger partial charge in [0, 0.05) is 22.1 Å². The van der Waals surface area contributed by atoms with E-state index in [4.69, 9.17) is 4.42 Å². The minimum atomic E-state index is 0.865. The quantitative estimate of drug-likeness (QED) is 0.157. The molecule has 0 N–H and O–H groups in total. The van der Waals surface area contributed by atoms with Crippen molar-refractivity contribution < 1.29 is 4.42 Å². The van der Waals surface area contributed by atoms with Crippen LogP contribution in [0.15, 0.2) is 229 Å². The van der Waals surface area contributed by atoms with Crippen molar-refractivity contribution >= 4 is 82.1 Å². The van der Waals surface area contributed by atoms with Gasteiger partial charge in [0.1, 0.15) is 5.58 Å². The van der Waals surface area contributed by atoms with Crippen LogP contribution in [0.2, 0.25) is 0 Å². The Morgan fingerprint density at radius 3 is 1.23 bits per heavy atom. The second-order valence-corrected chi connectivity index (χ2v) is 15.6. The highest BCUT2D eigenvalue weighted by molar-refractivity contribution is 6.15. The van der Waals surface area contributed by atoms with Crippen LogP contribution in [0.3, 0.4) is 0 Å². The Kier molecular flexibility index (Phi) is 7.89. The van der Waals surface area contributed by atoms with Gasteiger partial charge in [-0.25, -0.2) is 0 Å². The van der Waals surface area contributed by atoms with Crippen LogP contribution >= 0.6 is 0 Å². The van der Waals surface area contributed by atoms with Crippen LogP contribution in [0.1, 0.15) is 0 Å². The molecular formula is C58H37NO. The van der Waals surface area contributed by atoms with E-state index in [2.05, 4.69) is 223 Å². The van der Waals surface area contributed by atoms with Gasteiger partial charge in [-0.3, -0.25) is 0 Å². The number of furan rings is 1. The molecule has 0 spiro atoms. The molecule has 0 radical (unpaired) electrons. The molecule has 11 aromatic carbocycles. The monoisotopic (exact) mass is 763 g/mol. The van der Waals surface area contributed by atoms with Crippen LogP contribution in [0, 0.1) is 0 Å². The van der Waals surface area contributed by atoms with E-state index in [1.807, 2.05) is 6.07 Å². The maximum Gasteiger partial charge on any atom is 0.159 e. The first kappa shape index (κ1) is 34.1. The summed E-state index contributed by atoms with van der Waals surface area (Å²) in [5.74, 6) is 0. The molecule has 12 aromatic rings. The molecule has 0 bridgehead atoms. The normalized spacial score (nSPS) is 11.7. The van der Waals surface area contributed by atoms with Crippen molar-refractivity contribution in [3.05, 3.63) is 224 Å². The molecule has 0 saturated carbocycles. The zero-order valence-corrected chi connectivity index (χ0v) is 32.7. The van der Waals surface area contributed by atoms with E-state index < -0.39 is 0 Å². The number of anilines is 3. The van der Waals surface area contributed by atoms with Gasteiger partial charge in [-0.05, 0) is 125 Å². The summed E-state index contributed by atoms with van der Waals surface area (Å²) in [6, 6.07) is 81.1. The van der Waals surface area contributed by atoms with Crippen LogP contribution in [-0.4, -0.2) is 0 Å². The van der Waals surface area contributed by atoms with Gasteiger partial charge in [-0.1, -0.05) is 176 Å². The summed E-state index contributed by atoms with van der Waals surface area (Å²) in [5.41, 5.74) is 12.0. The van der Waals surface area contributed by atoms with E-state index in [1.54, 1.807) is 0 Å². The lowest BCUT2D eigenvalue weighted by atomic mass is 9.92. The lowest BCUT2D eigenvalue weighted by Crippen LogP contribution is -2.10. The summed E-state index contributed by atoms with van der Waals surface area (Å²) >= 11 is 0. The summed E-state index contributed by atoms with van der Waals surface area (Å²) in [6.45, 7) is 0. The van der Waals surface area contributed by atoms with Gasteiger partial charge in [0.05, 0.1) is 5.69 Å². The average Bonchev–Trinajstić information content (AvgIpc) is 3.71. The predicted molar refractivity (Wildman–Crippen MR) is 255 cm³/mol. The van der Waals surface area contributed by atoms with Crippen LogP contribution in [0.25, 0.3) is 98.4 Å². The zero-order valence-electron chi connectivity index (χ0n) is 32.7. The second-order valence-electron chi connectivity index (χ2n) is 15.6. The summed E-state index contributed by atoms with van der Waals surface area (Å²) in [7, 11) is 0. The highest BCUT2D eigenvalue weighted by Crippen LogP contribution is 2.44. The largest absolute Gasteiger partial charge is 0.454 e. The molecule has 0 atom stereocenters. The van der Waals surface area contributed by atoms with E-state index in [0.29, 0.717) is 0 Å². The Bertz CT molecular complexity index is 3580. The molecule has 280 valence electrons. The molecule has 0 aliphatic carbocycles. The Morgan fingerprint density at radius 1 is 0.283 bits per heavy atom. The van der Waals surface area contributed by atoms with Gasteiger partial charge in [-0.2, -0.15) is 0 Å². The summed E-state index contributed by atoms with van der Waals surface area (Å²) < 4.78 is 6.64. The maximum absolute atomic E-state index is 6.64. The van der Waals surface area contributed by atoms with Crippen molar-refractivity contribution in [3.8, 4) is 33.4 Å². The minimum absolute atomic E-state index is 0.865. The summed E-state index contributed by atoms with van der Waals surface area (Å²) in [6.07, 6.45) is 0. The van der Waals surface area contributed by atoms with E-state index >= 15 is 0 Å². The van der Waals surface area contributed by atoms with Crippen LogP contribution in [0.5, 0.6) is 0 Å². The van der Waals surface area contributed by atoms with Crippen molar-refractivity contribution in [2.45, 2.75) is 0 Å². The van der Waals surface area contributed by atoms with Crippen molar-refractivity contribution in [1.29, 1.82) is 0 Å². The van der Waals surface area contributed by atoms with Gasteiger partial charge in [0.15, 0.2) is 5.58 Å². The fourth-order valence-electron chi connectivity index (χ4n) is 9.36. The average molecular weight is 764 g/mol. The Morgan fingerprint density at radius 2 is 0.683 bits per heavy atom. The number of rotatable bonds is 6. The lowest BCUT2D eigenvalue weighted by molar-refractivity contribution is 0.669. The minimum Gasteiger partial charge on any atom is -0.454 e. The Labute approximate surface area is 347 Å². The fraction of sp³-hybridized carbons (Fsp3) is 0. The fourth-order valence-corrected chi connectivity index (χ4v) is 9.36. The molecular weight excluding hydrogens is 727 g/mol. The van der Waals surface area contributed by atoms with E-state index in [0.717, 1.165) is 44.6 Å². The molecule has 0 fully saturated rings. The maximum atomic E-state index is 6.64. The summed E-state index contributed by atoms with van der Waals surface area (Å²) in [5, 5.41) is 12.3. The van der Waals surface area contributed by atoms with E-state index in [-0.39, 0.29) is 0 Å². The molecule has 12 rings (SSSR count). The molecule has 0 aliphatic rings. The third-order valence-corrected chi connectivity index (χ3v) is 12.3. The van der Waals surface area contributed by atoms with Crippen molar-refractivity contribution in [1.82, 2.24) is 0 Å². The molecule has 1 aromatic heterocycles. The molecule has 1 heterocycles. The van der Waals surface area contributed by atoms with Crippen LogP contribution < -0.4 is 4.90 Å². The van der Waals surface area contributed by atoms with E-state index in [1.165, 1.54) is 70.9 Å². The van der Waals surface area contributed by atoms with Crippen molar-refractivity contribution in [2.24, 2.45) is 0 Å². The highest BCUT2D eigenvalue weighted by Gasteiger charge is 2.20. The summed E-state index contributed by atoms with van der Waals surface area (Å²) in [4.78, 5) is 2.32. The van der Waals surface area contributed by atoms with Gasteiger partial charge < -0.3 is 9.32 Å². The number of fused-ring (bicyclic) bond motifs is 9. The Hall–Kier alpha value is -7.94. The van der Waals surface area contributed by atoms with E-state index in [9.17, 15) is 0 Å². The van der Waals surface area contributed by atoms with Crippen molar-refractivity contribution in [3.63, 3.8) is 0 Å². The number of benzene rings is 11. The molecule has 0 saturated heterocycles. The smallest absolute Gasteiger partial charge is 0.159 e. The molecule has 0 amide bonds. The molecule has 60 heavy (non-hydrogen) atoms. The van der Waals surface area contributed by atoms with Gasteiger partial charge >= 0.3 is 0 Å². The first-order valence-electron chi connectivity index (χ1n) is 20.6. The number of nitrogens with zero attached hydrogens (tertiary/aromatic N) is 1. The molecule has 0 unspecified atom stereocenters. The third-order valence-electron chi connectivity index (χ3n) is 12.3. The molecule has 2 heteroatoms.